The number of esters is 1. The van der Waals surface area contributed by atoms with Crippen molar-refractivity contribution in [3.05, 3.63) is 130 Å². The van der Waals surface area contributed by atoms with Crippen molar-refractivity contribution in [3.8, 4) is 5.75 Å². The Balaban J connectivity index is 1.19. The molecule has 0 radical (unpaired) electrons. The number of anilines is 1. The fourth-order valence-corrected chi connectivity index (χ4v) is 7.05. The lowest BCUT2D eigenvalue weighted by atomic mass is 9.55. The van der Waals surface area contributed by atoms with Gasteiger partial charge in [0.15, 0.2) is 0 Å². The molecule has 4 aliphatic rings. The molecule has 0 aromatic heterocycles. The van der Waals surface area contributed by atoms with Crippen molar-refractivity contribution >= 4 is 23.5 Å². The molecule has 2 atom stereocenters. The van der Waals surface area contributed by atoms with Crippen LogP contribution in [0.5, 0.6) is 5.75 Å². The third-order valence-corrected chi connectivity index (χ3v) is 9.52. The molecule has 1 saturated heterocycles. The van der Waals surface area contributed by atoms with Gasteiger partial charge >= 0.3 is 5.97 Å². The highest BCUT2D eigenvalue weighted by molar-refractivity contribution is 6.23. The van der Waals surface area contributed by atoms with Crippen LogP contribution in [0.2, 0.25) is 0 Å². The van der Waals surface area contributed by atoms with Gasteiger partial charge in [-0.25, -0.2) is 9.69 Å². The molecular formula is C36H31NO4. The standard InChI is InChI=1S/C36H31NO4/c1-4-36(2,3)22-16-18-24(19-17-22)41-35(40)21-10-9-11-23(20-21)37-33(38)31-29-25-12-5-6-13-26(25)30(32(31)34(37)39)28-15-8-7-14-27(28)29/h5-20,29-32H,4H2,1-3H3/t29?,30?,31-,32-/m1/s1. The number of nitrogens with zero attached hydrogens (tertiary/aromatic N) is 1. The van der Waals surface area contributed by atoms with Crippen molar-refractivity contribution < 1.29 is 19.1 Å². The predicted molar refractivity (Wildman–Crippen MR) is 157 cm³/mol. The van der Waals surface area contributed by atoms with Crippen molar-refractivity contribution in [2.45, 2.75) is 44.4 Å². The van der Waals surface area contributed by atoms with Gasteiger partial charge in [0.2, 0.25) is 11.8 Å². The summed E-state index contributed by atoms with van der Waals surface area (Å²) < 4.78 is 5.67. The van der Waals surface area contributed by atoms with Crippen molar-refractivity contribution in [2.24, 2.45) is 11.8 Å². The van der Waals surface area contributed by atoms with E-state index < -0.39 is 17.8 Å². The monoisotopic (exact) mass is 541 g/mol. The van der Waals surface area contributed by atoms with Gasteiger partial charge in [-0.1, -0.05) is 87.5 Å². The van der Waals surface area contributed by atoms with Crippen LogP contribution in [0.1, 0.15) is 77.2 Å². The molecule has 1 heterocycles. The van der Waals surface area contributed by atoms with E-state index in [-0.39, 0.29) is 34.6 Å². The Bertz CT molecular complexity index is 1600. The largest absolute Gasteiger partial charge is 0.423 e. The topological polar surface area (TPSA) is 63.7 Å². The molecule has 0 saturated carbocycles. The van der Waals surface area contributed by atoms with E-state index in [4.69, 9.17) is 4.74 Å². The Morgan fingerprint density at radius 3 is 1.73 bits per heavy atom. The fourth-order valence-electron chi connectivity index (χ4n) is 7.05. The molecule has 1 aliphatic heterocycles. The van der Waals surface area contributed by atoms with Crippen molar-refractivity contribution in [1.29, 1.82) is 0 Å². The summed E-state index contributed by atoms with van der Waals surface area (Å²) in [6.07, 6.45) is 0.994. The lowest BCUT2D eigenvalue weighted by Crippen LogP contribution is -2.41. The van der Waals surface area contributed by atoms with E-state index in [1.54, 1.807) is 36.4 Å². The Kier molecular flexibility index (Phi) is 5.75. The molecule has 2 amide bonds. The normalized spacial score (nSPS) is 22.3. The van der Waals surface area contributed by atoms with Gasteiger partial charge in [-0.2, -0.15) is 0 Å². The van der Waals surface area contributed by atoms with Gasteiger partial charge in [-0.05, 0) is 70.0 Å². The number of ether oxygens (including phenoxy) is 1. The molecule has 0 spiro atoms. The maximum absolute atomic E-state index is 14.1. The Morgan fingerprint density at radius 1 is 0.732 bits per heavy atom. The number of hydrogen-bond donors (Lipinski definition) is 0. The van der Waals surface area contributed by atoms with Crippen LogP contribution in [0, 0.1) is 11.8 Å². The summed E-state index contributed by atoms with van der Waals surface area (Å²) in [6, 6.07) is 30.6. The van der Waals surface area contributed by atoms with E-state index in [9.17, 15) is 14.4 Å². The molecule has 2 bridgehead atoms. The average Bonchev–Trinajstić information content (AvgIpc) is 3.27. The number of benzene rings is 4. The third-order valence-electron chi connectivity index (χ3n) is 9.52. The number of rotatable bonds is 5. The SMILES string of the molecule is CCC(C)(C)c1ccc(OC(=O)c2cccc(N3C(=O)[C@@H]4C5c6ccccc6C(c6ccccc65)[C@H]4C3=O)c2)cc1. The molecule has 1 fully saturated rings. The number of carbonyl (C=O) groups is 3. The van der Waals surface area contributed by atoms with E-state index in [2.05, 4.69) is 45.0 Å². The Labute approximate surface area is 239 Å². The number of amides is 2. The van der Waals surface area contributed by atoms with E-state index in [1.165, 1.54) is 10.5 Å². The third kappa shape index (κ3) is 3.79. The summed E-state index contributed by atoms with van der Waals surface area (Å²) in [6.45, 7) is 6.51. The molecule has 5 heteroatoms. The minimum atomic E-state index is -0.536. The lowest BCUT2D eigenvalue weighted by molar-refractivity contribution is -0.122. The summed E-state index contributed by atoms with van der Waals surface area (Å²) in [5.41, 5.74) is 6.41. The van der Waals surface area contributed by atoms with Gasteiger partial charge in [-0.3, -0.25) is 9.59 Å². The van der Waals surface area contributed by atoms with Crippen molar-refractivity contribution in [2.75, 3.05) is 4.90 Å². The number of imide groups is 1. The van der Waals surface area contributed by atoms with Gasteiger partial charge in [0.05, 0.1) is 23.1 Å². The van der Waals surface area contributed by atoms with Gasteiger partial charge < -0.3 is 4.74 Å². The fraction of sp³-hybridized carbons (Fsp3) is 0.250. The quantitative estimate of drug-likeness (QED) is 0.155. The van der Waals surface area contributed by atoms with Crippen molar-refractivity contribution in [3.63, 3.8) is 0 Å². The summed E-state index contributed by atoms with van der Waals surface area (Å²) in [7, 11) is 0. The minimum absolute atomic E-state index is 0.0328. The first kappa shape index (κ1) is 25.5. The number of hydrogen-bond acceptors (Lipinski definition) is 4. The van der Waals surface area contributed by atoms with Gasteiger partial charge in [0.1, 0.15) is 5.75 Å². The second kappa shape index (κ2) is 9.27. The van der Waals surface area contributed by atoms with Crippen molar-refractivity contribution in [1.82, 2.24) is 0 Å². The molecule has 0 unspecified atom stereocenters. The van der Waals surface area contributed by atoms with Gasteiger partial charge in [-0.15, -0.1) is 0 Å². The lowest BCUT2D eigenvalue weighted by Gasteiger charge is -2.45. The second-order valence-electron chi connectivity index (χ2n) is 12.0. The predicted octanol–water partition coefficient (Wildman–Crippen LogP) is 6.99. The molecule has 41 heavy (non-hydrogen) atoms. The van der Waals surface area contributed by atoms with Gasteiger partial charge in [0, 0.05) is 11.8 Å². The smallest absolute Gasteiger partial charge is 0.343 e. The van der Waals surface area contributed by atoms with Crippen LogP contribution in [-0.2, 0) is 15.0 Å². The van der Waals surface area contributed by atoms with E-state index in [1.807, 2.05) is 36.4 Å². The van der Waals surface area contributed by atoms with Gasteiger partial charge in [0.25, 0.3) is 0 Å². The number of carbonyl (C=O) groups excluding carboxylic acids is 3. The van der Waals surface area contributed by atoms with Crippen LogP contribution >= 0.6 is 0 Å². The maximum Gasteiger partial charge on any atom is 0.343 e. The first-order chi connectivity index (χ1) is 19.8. The Morgan fingerprint density at radius 2 is 1.24 bits per heavy atom. The second-order valence-corrected chi connectivity index (χ2v) is 12.0. The summed E-state index contributed by atoms with van der Waals surface area (Å²) in [4.78, 5) is 42.5. The summed E-state index contributed by atoms with van der Waals surface area (Å²) in [5.74, 6) is -1.80. The highest BCUT2D eigenvalue weighted by atomic mass is 16.5. The molecule has 204 valence electrons. The van der Waals surface area contributed by atoms with Crippen LogP contribution in [-0.4, -0.2) is 17.8 Å². The van der Waals surface area contributed by atoms with Crippen LogP contribution < -0.4 is 9.64 Å². The molecule has 0 N–H and O–H groups in total. The highest BCUT2D eigenvalue weighted by Gasteiger charge is 2.61. The molecule has 8 rings (SSSR count). The average molecular weight is 542 g/mol. The van der Waals surface area contributed by atoms with E-state index in [0.717, 1.165) is 28.7 Å². The van der Waals surface area contributed by atoms with Crippen LogP contribution in [0.25, 0.3) is 0 Å². The highest BCUT2D eigenvalue weighted by Crippen LogP contribution is 2.61. The first-order valence-corrected chi connectivity index (χ1v) is 14.3. The van der Waals surface area contributed by atoms with E-state index >= 15 is 0 Å². The Hall–Kier alpha value is -4.51. The van der Waals surface area contributed by atoms with Crippen LogP contribution in [0.3, 0.4) is 0 Å². The zero-order valence-corrected chi connectivity index (χ0v) is 23.3. The zero-order chi connectivity index (χ0) is 28.5. The zero-order valence-electron chi connectivity index (χ0n) is 23.3. The first-order valence-electron chi connectivity index (χ1n) is 14.3. The molecule has 4 aromatic rings. The molecule has 4 aromatic carbocycles. The summed E-state index contributed by atoms with van der Waals surface area (Å²) >= 11 is 0. The molecular weight excluding hydrogens is 510 g/mol. The minimum Gasteiger partial charge on any atom is -0.423 e. The van der Waals surface area contributed by atoms with Crippen LogP contribution in [0.4, 0.5) is 5.69 Å². The van der Waals surface area contributed by atoms with Crippen LogP contribution in [0.15, 0.2) is 97.1 Å². The van der Waals surface area contributed by atoms with E-state index in [0.29, 0.717) is 11.4 Å². The summed E-state index contributed by atoms with van der Waals surface area (Å²) in [5, 5.41) is 0. The maximum atomic E-state index is 14.1. The molecule has 3 aliphatic carbocycles. The molecule has 5 nitrogen and oxygen atoms in total.